The van der Waals surface area contributed by atoms with Crippen molar-refractivity contribution in [1.29, 1.82) is 0 Å². The third kappa shape index (κ3) is 3.12. The van der Waals surface area contributed by atoms with E-state index in [-0.39, 0.29) is 23.9 Å². The van der Waals surface area contributed by atoms with Gasteiger partial charge in [0.25, 0.3) is 0 Å². The van der Waals surface area contributed by atoms with Crippen molar-refractivity contribution in [3.8, 4) is 0 Å². The van der Waals surface area contributed by atoms with Crippen LogP contribution in [0.2, 0.25) is 0 Å². The van der Waals surface area contributed by atoms with Crippen LogP contribution in [0.1, 0.15) is 31.9 Å². The molecule has 1 aliphatic heterocycles. The Balaban J connectivity index is 1.96. The van der Waals surface area contributed by atoms with Crippen LogP contribution in [-0.4, -0.2) is 18.5 Å². The second-order valence-corrected chi connectivity index (χ2v) is 5.84. The van der Waals surface area contributed by atoms with Gasteiger partial charge in [-0.3, -0.25) is 4.79 Å². The molecule has 0 radical (unpaired) electrons. The molecular formula is C14H19BrN2O. The molecule has 0 aliphatic carbocycles. The predicted molar refractivity (Wildman–Crippen MR) is 76.3 cm³/mol. The van der Waals surface area contributed by atoms with E-state index in [1.165, 1.54) is 0 Å². The van der Waals surface area contributed by atoms with E-state index in [1.807, 2.05) is 31.2 Å². The Bertz CT molecular complexity index is 418. The number of halogens is 1. The lowest BCUT2D eigenvalue weighted by atomic mass is 10.00. The van der Waals surface area contributed by atoms with Crippen LogP contribution < -0.4 is 10.6 Å². The Labute approximate surface area is 116 Å². The van der Waals surface area contributed by atoms with Crippen LogP contribution in [-0.2, 0) is 4.79 Å². The average Bonchev–Trinajstić information content (AvgIpc) is 2.76. The maximum Gasteiger partial charge on any atom is 0.225 e. The zero-order valence-electron chi connectivity index (χ0n) is 10.7. The third-order valence-corrected chi connectivity index (χ3v) is 4.12. The van der Waals surface area contributed by atoms with Crippen LogP contribution in [0.5, 0.6) is 0 Å². The van der Waals surface area contributed by atoms with Crippen molar-refractivity contribution >= 4 is 21.8 Å². The molecule has 3 atom stereocenters. The lowest BCUT2D eigenvalue weighted by Crippen LogP contribution is -2.37. The van der Waals surface area contributed by atoms with Crippen molar-refractivity contribution in [3.05, 3.63) is 34.3 Å². The molecule has 4 heteroatoms. The second-order valence-electron chi connectivity index (χ2n) is 4.92. The molecule has 0 spiro atoms. The van der Waals surface area contributed by atoms with Gasteiger partial charge in [0.2, 0.25) is 5.91 Å². The number of carbonyl (C=O) groups excluding carboxylic acids is 1. The molecule has 2 rings (SSSR count). The molecule has 18 heavy (non-hydrogen) atoms. The van der Waals surface area contributed by atoms with Gasteiger partial charge < -0.3 is 10.6 Å². The summed E-state index contributed by atoms with van der Waals surface area (Å²) in [6.45, 7) is 5.03. The Kier molecular flexibility index (Phi) is 4.40. The van der Waals surface area contributed by atoms with E-state index in [9.17, 15) is 4.79 Å². The monoisotopic (exact) mass is 310 g/mol. The smallest absolute Gasteiger partial charge is 0.225 e. The largest absolute Gasteiger partial charge is 0.349 e. The second kappa shape index (κ2) is 5.85. The summed E-state index contributed by atoms with van der Waals surface area (Å²) in [6, 6.07) is 8.40. The van der Waals surface area contributed by atoms with E-state index in [0.29, 0.717) is 0 Å². The molecule has 0 saturated carbocycles. The van der Waals surface area contributed by atoms with E-state index in [2.05, 4.69) is 33.5 Å². The molecule has 1 amide bonds. The van der Waals surface area contributed by atoms with Gasteiger partial charge in [0.15, 0.2) is 0 Å². The molecule has 1 heterocycles. The molecule has 1 fully saturated rings. The normalized spacial score (nSPS) is 24.8. The predicted octanol–water partition coefficient (Wildman–Crippen LogP) is 2.62. The topological polar surface area (TPSA) is 41.1 Å². The Hall–Kier alpha value is -0.870. The third-order valence-electron chi connectivity index (χ3n) is 3.59. The van der Waals surface area contributed by atoms with Crippen LogP contribution in [0.25, 0.3) is 0 Å². The molecule has 3 nitrogen and oxygen atoms in total. The SMILES string of the molecule is CC1NCCC1C(=O)N[C@@H](C)c1ccc(Br)cc1. The Morgan fingerprint density at radius 1 is 1.44 bits per heavy atom. The van der Waals surface area contributed by atoms with Gasteiger partial charge >= 0.3 is 0 Å². The number of carbonyl (C=O) groups is 1. The first-order valence-corrected chi connectivity index (χ1v) is 7.16. The first-order chi connectivity index (χ1) is 8.58. The Morgan fingerprint density at radius 2 is 2.11 bits per heavy atom. The van der Waals surface area contributed by atoms with Crippen LogP contribution in [0.15, 0.2) is 28.7 Å². The fourth-order valence-electron chi connectivity index (χ4n) is 2.37. The summed E-state index contributed by atoms with van der Waals surface area (Å²) in [6.07, 6.45) is 0.931. The minimum absolute atomic E-state index is 0.0541. The number of nitrogens with one attached hydrogen (secondary N) is 2. The fraction of sp³-hybridized carbons (Fsp3) is 0.500. The van der Waals surface area contributed by atoms with Gasteiger partial charge in [-0.25, -0.2) is 0 Å². The molecule has 2 unspecified atom stereocenters. The van der Waals surface area contributed by atoms with Crippen molar-refractivity contribution in [2.24, 2.45) is 5.92 Å². The molecule has 2 N–H and O–H groups in total. The lowest BCUT2D eigenvalue weighted by molar-refractivity contribution is -0.125. The summed E-state index contributed by atoms with van der Waals surface area (Å²) in [4.78, 5) is 12.1. The maximum absolute atomic E-state index is 12.1. The summed E-state index contributed by atoms with van der Waals surface area (Å²) >= 11 is 3.41. The molecule has 1 aromatic rings. The van der Waals surface area contributed by atoms with Crippen LogP contribution in [0.4, 0.5) is 0 Å². The van der Waals surface area contributed by atoms with Gasteiger partial charge in [0, 0.05) is 10.5 Å². The summed E-state index contributed by atoms with van der Waals surface area (Å²) < 4.78 is 1.05. The van der Waals surface area contributed by atoms with E-state index in [0.717, 1.165) is 23.0 Å². The molecular weight excluding hydrogens is 292 g/mol. The van der Waals surface area contributed by atoms with Crippen LogP contribution in [0, 0.1) is 5.92 Å². The minimum Gasteiger partial charge on any atom is -0.349 e. The van der Waals surface area contributed by atoms with Gasteiger partial charge in [-0.05, 0) is 44.5 Å². The van der Waals surface area contributed by atoms with E-state index in [4.69, 9.17) is 0 Å². The fourth-order valence-corrected chi connectivity index (χ4v) is 2.64. The zero-order chi connectivity index (χ0) is 13.1. The lowest BCUT2D eigenvalue weighted by Gasteiger charge is -2.19. The number of amides is 1. The molecule has 0 aromatic heterocycles. The summed E-state index contributed by atoms with van der Waals surface area (Å²) in [5.74, 6) is 0.255. The number of benzene rings is 1. The highest BCUT2D eigenvalue weighted by Crippen LogP contribution is 2.19. The average molecular weight is 311 g/mol. The molecule has 1 aromatic carbocycles. The first-order valence-electron chi connectivity index (χ1n) is 6.37. The summed E-state index contributed by atoms with van der Waals surface area (Å²) in [5.41, 5.74) is 1.13. The quantitative estimate of drug-likeness (QED) is 0.901. The molecule has 98 valence electrons. The van der Waals surface area contributed by atoms with Gasteiger partial charge in [-0.1, -0.05) is 28.1 Å². The highest BCUT2D eigenvalue weighted by molar-refractivity contribution is 9.10. The van der Waals surface area contributed by atoms with E-state index < -0.39 is 0 Å². The van der Waals surface area contributed by atoms with Crippen molar-refractivity contribution in [1.82, 2.24) is 10.6 Å². The van der Waals surface area contributed by atoms with Gasteiger partial charge in [0.05, 0.1) is 12.0 Å². The maximum atomic E-state index is 12.1. The van der Waals surface area contributed by atoms with Crippen LogP contribution >= 0.6 is 15.9 Å². The standard InChI is InChI=1S/C14H19BrN2O/c1-9(11-3-5-12(15)6-4-11)17-14(18)13-7-8-16-10(13)2/h3-6,9-10,13,16H,7-8H2,1-2H3,(H,17,18)/t9-,10?,13?/m0/s1. The van der Waals surface area contributed by atoms with Gasteiger partial charge in [-0.2, -0.15) is 0 Å². The van der Waals surface area contributed by atoms with Gasteiger partial charge in [-0.15, -0.1) is 0 Å². The van der Waals surface area contributed by atoms with E-state index in [1.54, 1.807) is 0 Å². The number of hydrogen-bond donors (Lipinski definition) is 2. The number of rotatable bonds is 3. The van der Waals surface area contributed by atoms with Gasteiger partial charge in [0.1, 0.15) is 0 Å². The van der Waals surface area contributed by atoms with E-state index >= 15 is 0 Å². The van der Waals surface area contributed by atoms with Crippen LogP contribution in [0.3, 0.4) is 0 Å². The Morgan fingerprint density at radius 3 is 2.67 bits per heavy atom. The molecule has 1 aliphatic rings. The highest BCUT2D eigenvalue weighted by atomic mass is 79.9. The minimum atomic E-state index is 0.0541. The first kappa shape index (κ1) is 13.6. The molecule has 0 bridgehead atoms. The summed E-state index contributed by atoms with van der Waals surface area (Å²) in [7, 11) is 0. The van der Waals surface area contributed by atoms with Crippen molar-refractivity contribution in [3.63, 3.8) is 0 Å². The van der Waals surface area contributed by atoms with Crippen molar-refractivity contribution in [2.75, 3.05) is 6.54 Å². The highest BCUT2D eigenvalue weighted by Gasteiger charge is 2.29. The number of hydrogen-bond acceptors (Lipinski definition) is 2. The summed E-state index contributed by atoms with van der Waals surface area (Å²) in [5, 5.41) is 6.40. The van der Waals surface area contributed by atoms with Crippen molar-refractivity contribution < 1.29 is 4.79 Å². The molecule has 1 saturated heterocycles. The zero-order valence-corrected chi connectivity index (χ0v) is 12.3. The van der Waals surface area contributed by atoms with Crippen molar-refractivity contribution in [2.45, 2.75) is 32.4 Å².